The van der Waals surface area contributed by atoms with Gasteiger partial charge >= 0.3 is 5.97 Å². The van der Waals surface area contributed by atoms with Crippen LogP contribution in [0.4, 0.5) is 0 Å². The Morgan fingerprint density at radius 3 is 2.55 bits per heavy atom. The van der Waals surface area contributed by atoms with Crippen LogP contribution in [0.3, 0.4) is 0 Å². The van der Waals surface area contributed by atoms with Crippen molar-refractivity contribution in [3.8, 4) is 0 Å². The summed E-state index contributed by atoms with van der Waals surface area (Å²) in [5.41, 5.74) is 0. The van der Waals surface area contributed by atoms with Crippen molar-refractivity contribution in [1.82, 2.24) is 0 Å². The van der Waals surface area contributed by atoms with Crippen LogP contribution in [0, 0.1) is 0 Å². The molecule has 0 bridgehead atoms. The molecule has 0 aromatic carbocycles. The van der Waals surface area contributed by atoms with Gasteiger partial charge in [0.1, 0.15) is 20.8 Å². The van der Waals surface area contributed by atoms with Gasteiger partial charge in [0.2, 0.25) is 0 Å². The molecule has 6 heteroatoms. The van der Waals surface area contributed by atoms with Crippen molar-refractivity contribution >= 4 is 27.1 Å². The maximum atomic E-state index is 12.0. The highest BCUT2D eigenvalue weighted by molar-refractivity contribution is 7.91. The van der Waals surface area contributed by atoms with E-state index in [0.717, 1.165) is 4.88 Å². The van der Waals surface area contributed by atoms with Crippen LogP contribution >= 0.6 is 11.3 Å². The standard InChI is InChI=1S/C14H20O4S2/c1-9(2)12-6-7-13(19-12)14(15)18-10-4-5-11(8-10)20(3,16)17/h6-7,9-11H,4-5,8H2,1-3H3/t10-,11-/m0/s1. The second-order valence-electron chi connectivity index (χ2n) is 5.65. The quantitative estimate of drug-likeness (QED) is 0.801. The highest BCUT2D eigenvalue weighted by atomic mass is 32.2. The molecule has 4 nitrogen and oxygen atoms in total. The van der Waals surface area contributed by atoms with Crippen LogP contribution in [0.2, 0.25) is 0 Å². The third-order valence-electron chi connectivity index (χ3n) is 3.61. The van der Waals surface area contributed by atoms with Gasteiger partial charge in [-0.2, -0.15) is 0 Å². The smallest absolute Gasteiger partial charge is 0.348 e. The van der Waals surface area contributed by atoms with Gasteiger partial charge in [0.25, 0.3) is 0 Å². The fraction of sp³-hybridized carbons (Fsp3) is 0.643. The topological polar surface area (TPSA) is 60.4 Å². The molecule has 1 aromatic heterocycles. The molecule has 1 aliphatic carbocycles. The largest absolute Gasteiger partial charge is 0.458 e. The van der Waals surface area contributed by atoms with E-state index < -0.39 is 9.84 Å². The first-order valence-electron chi connectivity index (χ1n) is 6.77. The molecular weight excluding hydrogens is 296 g/mol. The lowest BCUT2D eigenvalue weighted by Crippen LogP contribution is -2.19. The first-order chi connectivity index (χ1) is 9.27. The minimum Gasteiger partial charge on any atom is -0.458 e. The molecule has 0 N–H and O–H groups in total. The monoisotopic (exact) mass is 316 g/mol. The summed E-state index contributed by atoms with van der Waals surface area (Å²) in [5, 5.41) is -0.366. The van der Waals surface area contributed by atoms with Gasteiger partial charge in [-0.05, 0) is 30.9 Å². The zero-order valence-electron chi connectivity index (χ0n) is 12.0. The van der Waals surface area contributed by atoms with E-state index in [1.165, 1.54) is 17.6 Å². The predicted molar refractivity (Wildman–Crippen MR) is 80.1 cm³/mol. The van der Waals surface area contributed by atoms with E-state index >= 15 is 0 Å². The van der Waals surface area contributed by atoms with Gasteiger partial charge < -0.3 is 4.74 Å². The van der Waals surface area contributed by atoms with E-state index in [-0.39, 0.29) is 17.3 Å². The Balaban J connectivity index is 1.95. The summed E-state index contributed by atoms with van der Waals surface area (Å²) in [7, 11) is -3.03. The number of thiophene rings is 1. The number of sulfone groups is 1. The normalized spacial score (nSPS) is 23.2. The van der Waals surface area contributed by atoms with Crippen LogP contribution in [0.1, 0.15) is 53.6 Å². The van der Waals surface area contributed by atoms with Gasteiger partial charge in [0.05, 0.1) is 5.25 Å². The summed E-state index contributed by atoms with van der Waals surface area (Å²) in [6, 6.07) is 3.73. The van der Waals surface area contributed by atoms with Crippen molar-refractivity contribution < 1.29 is 17.9 Å². The molecule has 1 aromatic rings. The minimum atomic E-state index is -3.03. The van der Waals surface area contributed by atoms with Crippen LogP contribution in [0.25, 0.3) is 0 Å². The van der Waals surface area contributed by atoms with Crippen LogP contribution < -0.4 is 0 Å². The molecule has 1 aliphatic rings. The lowest BCUT2D eigenvalue weighted by atomic mass is 10.2. The number of esters is 1. The van der Waals surface area contributed by atoms with Crippen molar-refractivity contribution in [3.63, 3.8) is 0 Å². The number of hydrogen-bond acceptors (Lipinski definition) is 5. The Kier molecular flexibility index (Phi) is 4.54. The van der Waals surface area contributed by atoms with Gasteiger partial charge in [0, 0.05) is 17.6 Å². The van der Waals surface area contributed by atoms with E-state index in [1.54, 1.807) is 6.07 Å². The Bertz CT molecular complexity index is 586. The Labute approximate surface area is 124 Å². The lowest BCUT2D eigenvalue weighted by molar-refractivity contribution is 0.0324. The van der Waals surface area contributed by atoms with Crippen LogP contribution in [0.5, 0.6) is 0 Å². The second-order valence-corrected chi connectivity index (χ2v) is 9.09. The number of ether oxygens (including phenoxy) is 1. The van der Waals surface area contributed by atoms with Gasteiger partial charge in [0.15, 0.2) is 0 Å². The molecule has 0 unspecified atom stereocenters. The fourth-order valence-electron chi connectivity index (χ4n) is 2.38. The molecule has 0 radical (unpaired) electrons. The average molecular weight is 316 g/mol. The maximum Gasteiger partial charge on any atom is 0.348 e. The highest BCUT2D eigenvalue weighted by Crippen LogP contribution is 2.29. The van der Waals surface area contributed by atoms with Crippen molar-refractivity contribution in [3.05, 3.63) is 21.9 Å². The summed E-state index contributed by atoms with van der Waals surface area (Å²) in [5.74, 6) is 0.0590. The summed E-state index contributed by atoms with van der Waals surface area (Å²) in [6.45, 7) is 4.16. The summed E-state index contributed by atoms with van der Waals surface area (Å²) in [4.78, 5) is 13.8. The SMILES string of the molecule is CC(C)c1ccc(C(=O)O[C@H]2CC[C@H](S(C)(=O)=O)C2)s1. The number of carbonyl (C=O) groups is 1. The summed E-state index contributed by atoms with van der Waals surface area (Å²) >= 11 is 1.45. The minimum absolute atomic E-state index is 0.271. The zero-order valence-corrected chi connectivity index (χ0v) is 13.6. The van der Waals surface area contributed by atoms with Gasteiger partial charge in [-0.1, -0.05) is 13.8 Å². The van der Waals surface area contributed by atoms with E-state index in [1.807, 2.05) is 6.07 Å². The molecular formula is C14H20O4S2. The van der Waals surface area contributed by atoms with E-state index in [2.05, 4.69) is 13.8 Å². The zero-order chi connectivity index (χ0) is 14.9. The molecule has 0 amide bonds. The Morgan fingerprint density at radius 2 is 2.05 bits per heavy atom. The predicted octanol–water partition coefficient (Wildman–Crippen LogP) is 2.99. The average Bonchev–Trinajstić information content (AvgIpc) is 2.95. The molecule has 1 heterocycles. The Morgan fingerprint density at radius 1 is 1.35 bits per heavy atom. The molecule has 112 valence electrons. The Hall–Kier alpha value is -0.880. The highest BCUT2D eigenvalue weighted by Gasteiger charge is 2.34. The summed E-state index contributed by atoms with van der Waals surface area (Å²) < 4.78 is 28.4. The third-order valence-corrected chi connectivity index (χ3v) is 6.62. The lowest BCUT2D eigenvalue weighted by Gasteiger charge is -2.11. The number of carbonyl (C=O) groups excluding carboxylic acids is 1. The van der Waals surface area contributed by atoms with Crippen molar-refractivity contribution in [2.45, 2.75) is 50.4 Å². The fourth-order valence-corrected chi connectivity index (χ4v) is 4.40. The molecule has 2 rings (SSSR count). The number of rotatable bonds is 4. The first-order valence-corrected chi connectivity index (χ1v) is 9.54. The van der Waals surface area contributed by atoms with Crippen LogP contribution in [-0.2, 0) is 14.6 Å². The van der Waals surface area contributed by atoms with Crippen molar-refractivity contribution in [2.24, 2.45) is 0 Å². The third kappa shape index (κ3) is 3.61. The van der Waals surface area contributed by atoms with Crippen molar-refractivity contribution in [1.29, 1.82) is 0 Å². The second kappa shape index (κ2) is 5.85. The molecule has 1 saturated carbocycles. The van der Waals surface area contributed by atoms with Gasteiger partial charge in [-0.3, -0.25) is 0 Å². The molecule has 0 aliphatic heterocycles. The van der Waals surface area contributed by atoms with E-state index in [4.69, 9.17) is 4.74 Å². The van der Waals surface area contributed by atoms with E-state index in [9.17, 15) is 13.2 Å². The van der Waals surface area contributed by atoms with Crippen molar-refractivity contribution in [2.75, 3.05) is 6.26 Å². The molecule has 1 fully saturated rings. The molecule has 20 heavy (non-hydrogen) atoms. The molecule has 0 saturated heterocycles. The molecule has 0 spiro atoms. The van der Waals surface area contributed by atoms with Gasteiger partial charge in [-0.15, -0.1) is 11.3 Å². The van der Waals surface area contributed by atoms with Crippen LogP contribution in [0.15, 0.2) is 12.1 Å². The van der Waals surface area contributed by atoms with E-state index in [0.29, 0.717) is 30.1 Å². The first kappa shape index (κ1) is 15.5. The molecule has 2 atom stereocenters. The maximum absolute atomic E-state index is 12.0. The van der Waals surface area contributed by atoms with Gasteiger partial charge in [-0.25, -0.2) is 13.2 Å². The summed E-state index contributed by atoms with van der Waals surface area (Å²) in [6.07, 6.45) is 2.61. The van der Waals surface area contributed by atoms with Crippen LogP contribution in [-0.4, -0.2) is 32.0 Å². The number of hydrogen-bond donors (Lipinski definition) is 0.